The summed E-state index contributed by atoms with van der Waals surface area (Å²) in [6.07, 6.45) is 0. The van der Waals surface area contributed by atoms with Gasteiger partial charge in [-0.15, -0.1) is 0 Å². The third-order valence-corrected chi connectivity index (χ3v) is 10.5. The van der Waals surface area contributed by atoms with Crippen molar-refractivity contribution >= 4 is 10.8 Å². The lowest BCUT2D eigenvalue weighted by Gasteiger charge is -2.39. The van der Waals surface area contributed by atoms with Gasteiger partial charge in [0.15, 0.2) is 0 Å². The molecule has 7 aromatic carbocycles. The summed E-state index contributed by atoms with van der Waals surface area (Å²) >= 11 is 0. The van der Waals surface area contributed by atoms with E-state index in [1.807, 2.05) is 0 Å². The molecular weight excluding hydrogens is 544 g/mol. The van der Waals surface area contributed by atoms with Crippen molar-refractivity contribution in [3.63, 3.8) is 0 Å². The van der Waals surface area contributed by atoms with E-state index in [2.05, 4.69) is 172 Å². The van der Waals surface area contributed by atoms with Gasteiger partial charge in [0.05, 0.1) is 0 Å². The van der Waals surface area contributed by atoms with Crippen LogP contribution in [0.1, 0.15) is 47.2 Å². The summed E-state index contributed by atoms with van der Waals surface area (Å²) in [6, 6.07) is 57.4. The van der Waals surface area contributed by atoms with Crippen LogP contribution in [0.2, 0.25) is 0 Å². The number of hydrogen-bond donors (Lipinski definition) is 0. The molecule has 45 heavy (non-hydrogen) atoms. The van der Waals surface area contributed by atoms with E-state index in [0.717, 1.165) is 17.1 Å². The van der Waals surface area contributed by atoms with Crippen molar-refractivity contribution in [3.8, 4) is 33.8 Å². The minimum atomic E-state index is -0.355. The molecule has 0 fully saturated rings. The largest absolute Gasteiger partial charge is 0.456 e. The Labute approximate surface area is 264 Å². The predicted octanol–water partition coefficient (Wildman–Crippen LogP) is 11.3. The van der Waals surface area contributed by atoms with Gasteiger partial charge in [0.2, 0.25) is 0 Å². The molecule has 1 aliphatic heterocycles. The Bertz CT molecular complexity index is 2270. The Morgan fingerprint density at radius 2 is 1.09 bits per heavy atom. The second kappa shape index (κ2) is 9.55. The lowest BCUT2D eigenvalue weighted by atomic mass is 9.68. The number of rotatable bonds is 3. The van der Waals surface area contributed by atoms with E-state index in [1.165, 1.54) is 60.8 Å². The third-order valence-electron chi connectivity index (χ3n) is 10.5. The van der Waals surface area contributed by atoms with Crippen LogP contribution in [0.4, 0.5) is 0 Å². The molecule has 0 spiro atoms. The first-order chi connectivity index (χ1) is 22.1. The number of benzene rings is 7. The van der Waals surface area contributed by atoms with Gasteiger partial charge in [0, 0.05) is 27.5 Å². The topological polar surface area (TPSA) is 9.23 Å². The van der Waals surface area contributed by atoms with Crippen LogP contribution in [0.3, 0.4) is 0 Å². The highest BCUT2D eigenvalue weighted by atomic mass is 16.5. The average Bonchev–Trinajstić information content (AvgIpc) is 3.37. The fourth-order valence-electron chi connectivity index (χ4n) is 8.18. The van der Waals surface area contributed by atoms with Gasteiger partial charge in [-0.05, 0) is 75.7 Å². The minimum absolute atomic E-state index is 0.316. The molecule has 0 N–H and O–H groups in total. The van der Waals surface area contributed by atoms with Crippen LogP contribution in [0, 0.1) is 0 Å². The number of para-hydroxylation sites is 2. The molecule has 1 heteroatoms. The van der Waals surface area contributed by atoms with E-state index < -0.39 is 0 Å². The van der Waals surface area contributed by atoms with Crippen LogP contribution in [-0.2, 0) is 10.8 Å². The van der Waals surface area contributed by atoms with Gasteiger partial charge >= 0.3 is 0 Å². The van der Waals surface area contributed by atoms with Crippen LogP contribution < -0.4 is 4.74 Å². The van der Waals surface area contributed by atoms with Crippen LogP contribution in [0.25, 0.3) is 33.0 Å². The smallest absolute Gasteiger partial charge is 0.139 e. The maximum atomic E-state index is 6.86. The molecule has 1 aliphatic carbocycles. The predicted molar refractivity (Wildman–Crippen MR) is 185 cm³/mol. The van der Waals surface area contributed by atoms with Gasteiger partial charge in [0.25, 0.3) is 0 Å². The van der Waals surface area contributed by atoms with Gasteiger partial charge in [-0.2, -0.15) is 0 Å². The van der Waals surface area contributed by atoms with Crippen LogP contribution in [0.5, 0.6) is 11.5 Å². The van der Waals surface area contributed by atoms with Crippen molar-refractivity contribution in [1.82, 2.24) is 0 Å². The van der Waals surface area contributed by atoms with Gasteiger partial charge in [-0.1, -0.05) is 146 Å². The highest BCUT2D eigenvalue weighted by molar-refractivity contribution is 5.99. The summed E-state index contributed by atoms with van der Waals surface area (Å²) in [5.41, 5.74) is 11.9. The summed E-state index contributed by atoms with van der Waals surface area (Å²) in [4.78, 5) is 0. The van der Waals surface area contributed by atoms with Crippen molar-refractivity contribution in [2.45, 2.75) is 24.7 Å². The zero-order chi connectivity index (χ0) is 30.2. The highest BCUT2D eigenvalue weighted by Crippen LogP contribution is 2.57. The first-order valence-corrected chi connectivity index (χ1v) is 15.8. The summed E-state index contributed by atoms with van der Waals surface area (Å²) in [6.45, 7) is 4.74. The Morgan fingerprint density at radius 3 is 1.89 bits per heavy atom. The van der Waals surface area contributed by atoms with Crippen molar-refractivity contribution < 1.29 is 4.74 Å². The van der Waals surface area contributed by atoms with E-state index >= 15 is 0 Å². The van der Waals surface area contributed by atoms with Crippen molar-refractivity contribution in [3.05, 3.63) is 191 Å². The zero-order valence-corrected chi connectivity index (χ0v) is 25.4. The van der Waals surface area contributed by atoms with Crippen molar-refractivity contribution in [2.75, 3.05) is 0 Å². The molecule has 9 rings (SSSR count). The average molecular weight is 577 g/mol. The molecule has 0 saturated carbocycles. The Hall–Kier alpha value is -5.40. The fraction of sp³-hybridized carbons (Fsp3) is 0.0909. The molecule has 1 heterocycles. The van der Waals surface area contributed by atoms with Crippen LogP contribution in [0.15, 0.2) is 158 Å². The summed E-state index contributed by atoms with van der Waals surface area (Å²) in [5.74, 6) is 1.85. The van der Waals surface area contributed by atoms with E-state index in [0.29, 0.717) is 0 Å². The SMILES string of the molecule is CC1(c2ccccc2)c2ccccc2Oc2c(-c3ccc4c(c3)C(C)(c3ccccc3)c3c-4ccc4ccccc34)cccc21. The van der Waals surface area contributed by atoms with Gasteiger partial charge in [-0.25, -0.2) is 0 Å². The van der Waals surface area contributed by atoms with Gasteiger partial charge in [-0.3, -0.25) is 0 Å². The molecule has 2 unspecified atom stereocenters. The molecule has 0 aromatic heterocycles. The summed E-state index contributed by atoms with van der Waals surface area (Å²) in [7, 11) is 0. The van der Waals surface area contributed by atoms with E-state index in [9.17, 15) is 0 Å². The molecule has 1 nitrogen and oxygen atoms in total. The summed E-state index contributed by atoms with van der Waals surface area (Å²) in [5, 5.41) is 2.59. The molecule has 0 bridgehead atoms. The third kappa shape index (κ3) is 3.56. The lowest BCUT2D eigenvalue weighted by Crippen LogP contribution is -2.29. The van der Waals surface area contributed by atoms with Crippen molar-refractivity contribution in [1.29, 1.82) is 0 Å². The quantitative estimate of drug-likeness (QED) is 0.203. The van der Waals surface area contributed by atoms with E-state index in [4.69, 9.17) is 4.74 Å². The minimum Gasteiger partial charge on any atom is -0.456 e. The lowest BCUT2D eigenvalue weighted by molar-refractivity contribution is 0.429. The molecule has 0 amide bonds. The first kappa shape index (κ1) is 26.0. The number of hydrogen-bond acceptors (Lipinski definition) is 1. The van der Waals surface area contributed by atoms with Gasteiger partial charge in [0.1, 0.15) is 11.5 Å². The Balaban J connectivity index is 1.29. The molecular formula is C44H32O. The monoisotopic (exact) mass is 576 g/mol. The molecule has 214 valence electrons. The number of ether oxygens (including phenoxy) is 1. The second-order valence-corrected chi connectivity index (χ2v) is 12.7. The zero-order valence-electron chi connectivity index (χ0n) is 25.4. The van der Waals surface area contributed by atoms with Crippen LogP contribution in [-0.4, -0.2) is 0 Å². The van der Waals surface area contributed by atoms with E-state index in [-0.39, 0.29) is 10.8 Å². The molecule has 2 aliphatic rings. The Morgan fingerprint density at radius 1 is 0.444 bits per heavy atom. The maximum Gasteiger partial charge on any atom is 0.139 e. The molecule has 0 saturated heterocycles. The van der Waals surface area contributed by atoms with E-state index in [1.54, 1.807) is 0 Å². The normalized spacial score (nSPS) is 19.2. The highest BCUT2D eigenvalue weighted by Gasteiger charge is 2.43. The first-order valence-electron chi connectivity index (χ1n) is 15.8. The van der Waals surface area contributed by atoms with Crippen molar-refractivity contribution in [2.24, 2.45) is 0 Å². The maximum absolute atomic E-state index is 6.86. The number of fused-ring (bicyclic) bond motifs is 7. The molecule has 2 atom stereocenters. The summed E-state index contributed by atoms with van der Waals surface area (Å²) < 4.78 is 6.86. The fourth-order valence-corrected chi connectivity index (χ4v) is 8.18. The van der Waals surface area contributed by atoms with Crippen LogP contribution >= 0.6 is 0 Å². The Kier molecular flexibility index (Phi) is 5.53. The second-order valence-electron chi connectivity index (χ2n) is 12.7. The van der Waals surface area contributed by atoms with Gasteiger partial charge < -0.3 is 4.74 Å². The standard InChI is InChI=1S/C44H32O/c1-43(31-15-5-3-6-16-31)37-21-11-12-23-40(37)45-42-34(20-13-22-38(42)43)30-25-26-35-36-27-24-29-14-9-10-19-33(29)41(36)44(2,39(35)28-30)32-17-7-4-8-18-32/h3-28H,1-2H3. The molecule has 0 radical (unpaired) electrons. The molecule has 7 aromatic rings.